The fraction of sp³-hybridized carbons (Fsp3) is 0.115. The highest BCUT2D eigenvalue weighted by Crippen LogP contribution is 2.44. The van der Waals surface area contributed by atoms with Gasteiger partial charge in [-0.05, 0) is 132 Å². The Balaban J connectivity index is 1.36. The van der Waals surface area contributed by atoms with Crippen molar-refractivity contribution in [1.82, 2.24) is 24.1 Å². The first-order valence-corrected chi connectivity index (χ1v) is 19.6. The van der Waals surface area contributed by atoms with Crippen molar-refractivity contribution in [2.24, 2.45) is 0 Å². The van der Waals surface area contributed by atoms with Crippen LogP contribution < -0.4 is 0 Å². The molecule has 0 atom stereocenters. The van der Waals surface area contributed by atoms with Gasteiger partial charge in [0.05, 0.1) is 40.0 Å². The molecular formula is C52H40N6. The molecule has 6 heteroatoms. The quantitative estimate of drug-likeness (QED) is 0.165. The van der Waals surface area contributed by atoms with E-state index in [9.17, 15) is 0 Å². The molecule has 278 valence electrons. The predicted octanol–water partition coefficient (Wildman–Crippen LogP) is 13.5. The van der Waals surface area contributed by atoms with Gasteiger partial charge in [0.25, 0.3) is 0 Å². The molecule has 7 aromatic carbocycles. The summed E-state index contributed by atoms with van der Waals surface area (Å²) in [5.74, 6) is 2.01. The first-order chi connectivity index (χ1) is 28.1. The highest BCUT2D eigenvalue weighted by atomic mass is 15.0. The van der Waals surface area contributed by atoms with Crippen molar-refractivity contribution < 1.29 is 0 Å². The second kappa shape index (κ2) is 13.4. The lowest BCUT2D eigenvalue weighted by Crippen LogP contribution is -2.04. The van der Waals surface area contributed by atoms with Crippen molar-refractivity contribution in [2.75, 3.05) is 0 Å². The van der Waals surface area contributed by atoms with E-state index in [2.05, 4.69) is 156 Å². The Bertz CT molecular complexity index is 3220. The second-order valence-electron chi connectivity index (χ2n) is 15.6. The van der Waals surface area contributed by atoms with E-state index in [0.717, 1.165) is 61.3 Å². The largest absolute Gasteiger partial charge is 0.309 e. The van der Waals surface area contributed by atoms with Gasteiger partial charge in [-0.1, -0.05) is 76.9 Å². The Hall–Kier alpha value is -7.36. The van der Waals surface area contributed by atoms with Crippen LogP contribution in [0.25, 0.3) is 93.5 Å². The van der Waals surface area contributed by atoms with E-state index < -0.39 is 0 Å². The van der Waals surface area contributed by atoms with Gasteiger partial charge >= 0.3 is 0 Å². The minimum atomic E-state index is 0.617. The van der Waals surface area contributed by atoms with E-state index in [4.69, 9.17) is 16.5 Å². The third kappa shape index (κ3) is 5.74. The lowest BCUT2D eigenvalue weighted by atomic mass is 9.94. The molecule has 10 rings (SSSR count). The summed E-state index contributed by atoms with van der Waals surface area (Å²) in [4.78, 5) is 17.9. The minimum absolute atomic E-state index is 0.617. The summed E-state index contributed by atoms with van der Waals surface area (Å²) < 4.78 is 4.85. The van der Waals surface area contributed by atoms with Crippen LogP contribution in [0.3, 0.4) is 0 Å². The topological polar surface area (TPSA) is 52.9 Å². The van der Waals surface area contributed by atoms with Crippen LogP contribution in [0.2, 0.25) is 0 Å². The number of fused-ring (bicyclic) bond motifs is 6. The van der Waals surface area contributed by atoms with Gasteiger partial charge in [0.2, 0.25) is 0 Å². The van der Waals surface area contributed by atoms with E-state index in [1.165, 1.54) is 43.8 Å². The molecule has 58 heavy (non-hydrogen) atoms. The summed E-state index contributed by atoms with van der Waals surface area (Å²) in [7, 11) is 0. The Morgan fingerprint density at radius 2 is 0.776 bits per heavy atom. The van der Waals surface area contributed by atoms with Gasteiger partial charge in [0.1, 0.15) is 11.6 Å². The number of aromatic nitrogens is 5. The van der Waals surface area contributed by atoms with Crippen LogP contribution in [0.5, 0.6) is 0 Å². The molecule has 0 spiro atoms. The molecule has 3 aromatic heterocycles. The van der Waals surface area contributed by atoms with E-state index in [0.29, 0.717) is 23.2 Å². The van der Waals surface area contributed by atoms with E-state index in [1.54, 1.807) is 0 Å². The number of nitrogens with zero attached hydrogens (tertiary/aromatic N) is 6. The van der Waals surface area contributed by atoms with Gasteiger partial charge in [-0.2, -0.15) is 0 Å². The highest BCUT2D eigenvalue weighted by Gasteiger charge is 2.23. The fourth-order valence-electron chi connectivity index (χ4n) is 8.71. The van der Waals surface area contributed by atoms with Crippen LogP contribution >= 0.6 is 0 Å². The standard InChI is InChI=1S/C52H40N6/c1-30-8-18-46-40(24-30)41-25-31(2)9-19-47(41)57(46)50-22-14-37(36-12-16-39(53-7)17-13-36)28-44(50)45-29-38(52-55-34(5)54-35(6)56-52)15-23-51(45)58-48-20-10-32(3)26-42(48)43-27-33(4)11-21-49(43)58/h8-29H,1-6H3. The van der Waals surface area contributed by atoms with Gasteiger partial charge < -0.3 is 9.13 Å². The molecule has 0 bridgehead atoms. The van der Waals surface area contributed by atoms with E-state index >= 15 is 0 Å². The Morgan fingerprint density at radius 1 is 0.397 bits per heavy atom. The smallest absolute Gasteiger partial charge is 0.187 e. The Kier molecular flexibility index (Phi) is 8.10. The van der Waals surface area contributed by atoms with Gasteiger partial charge in [-0.3, -0.25) is 0 Å². The summed E-state index contributed by atoms with van der Waals surface area (Å²) in [5, 5.41) is 4.89. The zero-order valence-corrected chi connectivity index (χ0v) is 33.4. The summed E-state index contributed by atoms with van der Waals surface area (Å²) in [6.45, 7) is 20.1. The van der Waals surface area contributed by atoms with Crippen molar-refractivity contribution in [2.45, 2.75) is 41.5 Å². The molecule has 0 fully saturated rings. The Labute approximate surface area is 337 Å². The third-order valence-corrected chi connectivity index (χ3v) is 11.4. The number of hydrogen-bond donors (Lipinski definition) is 0. The Morgan fingerprint density at radius 3 is 1.19 bits per heavy atom. The van der Waals surface area contributed by atoms with Crippen molar-refractivity contribution >= 4 is 49.3 Å². The predicted molar refractivity (Wildman–Crippen MR) is 239 cm³/mol. The van der Waals surface area contributed by atoms with E-state index in [1.807, 2.05) is 38.1 Å². The molecule has 0 amide bonds. The van der Waals surface area contributed by atoms with Crippen LogP contribution in [0.4, 0.5) is 5.69 Å². The molecule has 6 nitrogen and oxygen atoms in total. The molecule has 0 saturated heterocycles. The molecule has 0 aliphatic rings. The number of benzene rings is 7. The lowest BCUT2D eigenvalue weighted by Gasteiger charge is -2.21. The van der Waals surface area contributed by atoms with Crippen molar-refractivity contribution in [3.63, 3.8) is 0 Å². The molecule has 0 aliphatic carbocycles. The zero-order valence-electron chi connectivity index (χ0n) is 33.4. The monoisotopic (exact) mass is 748 g/mol. The van der Waals surface area contributed by atoms with Gasteiger partial charge in [-0.25, -0.2) is 19.8 Å². The zero-order chi connectivity index (χ0) is 39.8. The summed E-state index contributed by atoms with van der Waals surface area (Å²) in [5.41, 5.74) is 17.3. The number of aryl methyl sites for hydroxylation is 6. The SMILES string of the molecule is [C-]#[N+]c1ccc(-c2ccc(-n3c4ccc(C)cc4c4cc(C)ccc43)c(-c3cc(-c4nc(C)nc(C)n4)ccc3-n3c4ccc(C)cc4c4cc(C)ccc43)c2)cc1. The van der Waals surface area contributed by atoms with Gasteiger partial charge in [0.15, 0.2) is 11.5 Å². The third-order valence-electron chi connectivity index (χ3n) is 11.4. The van der Waals surface area contributed by atoms with Crippen LogP contribution in [0.15, 0.2) is 133 Å². The number of hydrogen-bond acceptors (Lipinski definition) is 3. The molecule has 0 aliphatic heterocycles. The van der Waals surface area contributed by atoms with Crippen molar-refractivity contribution in [3.05, 3.63) is 179 Å². The van der Waals surface area contributed by atoms with Crippen LogP contribution in [-0.2, 0) is 0 Å². The van der Waals surface area contributed by atoms with Crippen LogP contribution in [0, 0.1) is 48.1 Å². The lowest BCUT2D eigenvalue weighted by molar-refractivity contribution is 0.928. The molecule has 3 heterocycles. The van der Waals surface area contributed by atoms with Gasteiger partial charge in [0, 0.05) is 38.2 Å². The van der Waals surface area contributed by atoms with Crippen LogP contribution in [0.1, 0.15) is 33.9 Å². The highest BCUT2D eigenvalue weighted by molar-refractivity contribution is 6.12. The summed E-state index contributed by atoms with van der Waals surface area (Å²) >= 11 is 0. The average Bonchev–Trinajstić information content (AvgIpc) is 3.70. The second-order valence-corrected chi connectivity index (χ2v) is 15.6. The first kappa shape index (κ1) is 35.1. The molecule has 0 unspecified atom stereocenters. The molecule has 0 radical (unpaired) electrons. The normalized spacial score (nSPS) is 11.6. The minimum Gasteiger partial charge on any atom is -0.309 e. The first-order valence-electron chi connectivity index (χ1n) is 19.6. The average molecular weight is 749 g/mol. The summed E-state index contributed by atoms with van der Waals surface area (Å²) in [6, 6.07) is 48.4. The molecule has 0 N–H and O–H groups in total. The van der Waals surface area contributed by atoms with E-state index in [-0.39, 0.29) is 0 Å². The number of rotatable bonds is 5. The van der Waals surface area contributed by atoms with Crippen molar-refractivity contribution in [3.8, 4) is 45.0 Å². The van der Waals surface area contributed by atoms with Gasteiger partial charge in [-0.15, -0.1) is 0 Å². The van der Waals surface area contributed by atoms with Crippen LogP contribution in [-0.4, -0.2) is 24.1 Å². The maximum atomic E-state index is 7.59. The molecule has 10 aromatic rings. The summed E-state index contributed by atoms with van der Waals surface area (Å²) in [6.07, 6.45) is 0. The molecule has 0 saturated carbocycles. The van der Waals surface area contributed by atoms with Crippen molar-refractivity contribution in [1.29, 1.82) is 0 Å². The fourth-order valence-corrected chi connectivity index (χ4v) is 8.71. The maximum Gasteiger partial charge on any atom is 0.187 e. The maximum absolute atomic E-state index is 7.59. The molecular weight excluding hydrogens is 709 g/mol.